The van der Waals surface area contributed by atoms with Crippen LogP contribution in [0.1, 0.15) is 73.0 Å². The van der Waals surface area contributed by atoms with E-state index in [2.05, 4.69) is 15.7 Å². The van der Waals surface area contributed by atoms with Gasteiger partial charge < -0.3 is 20.1 Å². The summed E-state index contributed by atoms with van der Waals surface area (Å²) in [6.07, 6.45) is 3.82. The normalized spacial score (nSPS) is 32.0. The van der Waals surface area contributed by atoms with Gasteiger partial charge in [0.25, 0.3) is 5.91 Å². The first-order valence-corrected chi connectivity index (χ1v) is 13.1. The summed E-state index contributed by atoms with van der Waals surface area (Å²) in [5.74, 6) is 2.90. The predicted molar refractivity (Wildman–Crippen MR) is 131 cm³/mol. The van der Waals surface area contributed by atoms with Gasteiger partial charge in [-0.2, -0.15) is 18.3 Å². The minimum atomic E-state index is -4.52. The Morgan fingerprint density at radius 1 is 1.08 bits per heavy atom. The SMILES string of the molecule is COc1ccc([C@@H]2C[C@H](C(F)(F)F)n3ncc(C(=O)NCC45CC6CC(CC(C6)C4)C5)c3N2)cc1OC. The average molecular weight is 519 g/mol. The molecule has 37 heavy (non-hydrogen) atoms. The van der Waals surface area contributed by atoms with E-state index in [9.17, 15) is 18.0 Å². The lowest BCUT2D eigenvalue weighted by atomic mass is 9.49. The van der Waals surface area contributed by atoms with E-state index in [1.807, 2.05) is 0 Å². The number of alkyl halides is 3. The quantitative estimate of drug-likeness (QED) is 0.528. The summed E-state index contributed by atoms with van der Waals surface area (Å²) in [4.78, 5) is 13.3. The summed E-state index contributed by atoms with van der Waals surface area (Å²) in [6, 6.07) is 2.51. The monoisotopic (exact) mass is 518 g/mol. The third kappa shape index (κ3) is 4.32. The number of nitrogens with one attached hydrogen (secondary N) is 2. The lowest BCUT2D eigenvalue weighted by Gasteiger charge is -2.56. The Bertz CT molecular complexity index is 1160. The molecule has 7 nitrogen and oxygen atoms in total. The van der Waals surface area contributed by atoms with E-state index in [4.69, 9.17) is 9.47 Å². The number of aromatic nitrogens is 2. The maximum Gasteiger partial charge on any atom is 0.410 e. The summed E-state index contributed by atoms with van der Waals surface area (Å²) < 4.78 is 53.9. The third-order valence-electron chi connectivity index (χ3n) is 9.08. The number of hydrogen-bond donors (Lipinski definition) is 2. The lowest BCUT2D eigenvalue weighted by Crippen LogP contribution is -2.51. The van der Waals surface area contributed by atoms with Crippen LogP contribution in [0.25, 0.3) is 0 Å². The van der Waals surface area contributed by atoms with Gasteiger partial charge in [-0.05, 0) is 79.4 Å². The Hall–Kier alpha value is -2.91. The summed E-state index contributed by atoms with van der Waals surface area (Å²) in [5, 5.41) is 10.3. The smallest absolute Gasteiger partial charge is 0.410 e. The second-order valence-electron chi connectivity index (χ2n) is 11.6. The van der Waals surface area contributed by atoms with Gasteiger partial charge in [0, 0.05) is 13.0 Å². The van der Waals surface area contributed by atoms with Crippen LogP contribution in [0.5, 0.6) is 11.5 Å². The standard InChI is InChI=1S/C27H33F3N4O3/c1-36-21-4-3-18(8-22(21)37-2)20-9-23(27(28,29)30)34-24(33-20)19(13-32-34)25(35)31-14-26-10-15-5-16(11-26)7-17(6-15)12-26/h3-4,8,13,15-17,20,23,33H,5-7,9-12,14H2,1-2H3,(H,31,35)/t15?,16?,17?,20-,23+,26?/m0/s1. The van der Waals surface area contributed by atoms with E-state index >= 15 is 0 Å². The highest BCUT2D eigenvalue weighted by atomic mass is 19.4. The maximum atomic E-state index is 14.1. The molecule has 0 saturated heterocycles. The molecule has 1 aromatic carbocycles. The third-order valence-corrected chi connectivity index (χ3v) is 9.08. The summed E-state index contributed by atoms with van der Waals surface area (Å²) in [5.41, 5.74) is 0.880. The molecule has 7 rings (SSSR count). The van der Waals surface area contributed by atoms with Crippen LogP contribution in [0.2, 0.25) is 0 Å². The second-order valence-corrected chi connectivity index (χ2v) is 11.6. The number of halogens is 3. The van der Waals surface area contributed by atoms with Gasteiger partial charge in [-0.15, -0.1) is 0 Å². The van der Waals surface area contributed by atoms with Crippen molar-refractivity contribution in [3.05, 3.63) is 35.5 Å². The number of carbonyl (C=O) groups excluding carboxylic acids is 1. The zero-order chi connectivity index (χ0) is 25.9. The fraction of sp³-hybridized carbons (Fsp3) is 0.630. The number of nitrogens with zero attached hydrogens (tertiary/aromatic N) is 2. The molecule has 1 amide bonds. The molecule has 2 aromatic rings. The molecule has 0 radical (unpaired) electrons. The highest BCUT2D eigenvalue weighted by Crippen LogP contribution is 2.59. The number of benzene rings is 1. The molecule has 2 N–H and O–H groups in total. The number of fused-ring (bicyclic) bond motifs is 1. The van der Waals surface area contributed by atoms with Crippen molar-refractivity contribution >= 4 is 11.7 Å². The average Bonchev–Trinajstić information content (AvgIpc) is 3.29. The fourth-order valence-electron chi connectivity index (χ4n) is 7.89. The van der Waals surface area contributed by atoms with Crippen LogP contribution in [0.15, 0.2) is 24.4 Å². The molecular formula is C27H33F3N4O3. The first-order chi connectivity index (χ1) is 17.7. The van der Waals surface area contributed by atoms with Crippen LogP contribution < -0.4 is 20.1 Å². The summed E-state index contributed by atoms with van der Waals surface area (Å²) in [7, 11) is 2.98. The Kier molecular flexibility index (Phi) is 5.84. The molecule has 4 fully saturated rings. The van der Waals surface area contributed by atoms with E-state index in [0.717, 1.165) is 41.7 Å². The first kappa shape index (κ1) is 24.4. The molecule has 1 aromatic heterocycles. The van der Waals surface area contributed by atoms with Crippen molar-refractivity contribution in [3.8, 4) is 11.5 Å². The van der Waals surface area contributed by atoms with Crippen molar-refractivity contribution in [2.45, 2.75) is 63.2 Å². The second kappa shape index (κ2) is 8.84. The van der Waals surface area contributed by atoms with Crippen LogP contribution in [0, 0.1) is 23.2 Å². The predicted octanol–water partition coefficient (Wildman–Crippen LogP) is 5.51. The van der Waals surface area contributed by atoms with Gasteiger partial charge in [-0.25, -0.2) is 4.68 Å². The van der Waals surface area contributed by atoms with Crippen molar-refractivity contribution in [1.29, 1.82) is 0 Å². The molecular weight excluding hydrogens is 485 g/mol. The summed E-state index contributed by atoms with van der Waals surface area (Å²) >= 11 is 0. The zero-order valence-corrected chi connectivity index (χ0v) is 21.1. The minimum Gasteiger partial charge on any atom is -0.493 e. The number of carbonyl (C=O) groups is 1. The maximum absolute atomic E-state index is 14.1. The van der Waals surface area contributed by atoms with Crippen molar-refractivity contribution < 1.29 is 27.4 Å². The number of amides is 1. The number of hydrogen-bond acceptors (Lipinski definition) is 5. The molecule has 1 aliphatic heterocycles. The molecule has 10 heteroatoms. The van der Waals surface area contributed by atoms with Gasteiger partial charge in [0.2, 0.25) is 0 Å². The van der Waals surface area contributed by atoms with Gasteiger partial charge in [0.05, 0.1) is 26.5 Å². The highest BCUT2D eigenvalue weighted by molar-refractivity contribution is 5.99. The van der Waals surface area contributed by atoms with Crippen LogP contribution in [-0.4, -0.2) is 42.6 Å². The Balaban J connectivity index is 1.25. The van der Waals surface area contributed by atoms with Crippen molar-refractivity contribution in [2.24, 2.45) is 23.2 Å². The Labute approximate surface area is 214 Å². The Morgan fingerprint density at radius 3 is 2.32 bits per heavy atom. The largest absolute Gasteiger partial charge is 0.493 e. The molecule has 4 aliphatic carbocycles. The first-order valence-electron chi connectivity index (χ1n) is 13.1. The molecule has 4 saturated carbocycles. The van der Waals surface area contributed by atoms with Crippen molar-refractivity contribution in [2.75, 3.05) is 26.1 Å². The van der Waals surface area contributed by atoms with Crippen molar-refractivity contribution in [1.82, 2.24) is 15.1 Å². The molecule has 0 unspecified atom stereocenters. The van der Waals surface area contributed by atoms with E-state index in [0.29, 0.717) is 23.6 Å². The fourth-order valence-corrected chi connectivity index (χ4v) is 7.89. The number of rotatable bonds is 6. The van der Waals surface area contributed by atoms with Crippen LogP contribution in [-0.2, 0) is 0 Å². The van der Waals surface area contributed by atoms with Gasteiger partial charge in [-0.1, -0.05) is 6.07 Å². The van der Waals surface area contributed by atoms with Gasteiger partial charge >= 0.3 is 6.18 Å². The van der Waals surface area contributed by atoms with E-state index in [1.54, 1.807) is 18.2 Å². The molecule has 2 heterocycles. The minimum absolute atomic E-state index is 0.0939. The number of anilines is 1. The molecule has 2 atom stereocenters. The van der Waals surface area contributed by atoms with Gasteiger partial charge in [0.1, 0.15) is 11.4 Å². The Morgan fingerprint density at radius 2 is 1.73 bits per heavy atom. The van der Waals surface area contributed by atoms with Crippen molar-refractivity contribution in [3.63, 3.8) is 0 Å². The molecule has 5 aliphatic rings. The van der Waals surface area contributed by atoms with E-state index in [1.165, 1.54) is 39.7 Å². The topological polar surface area (TPSA) is 77.4 Å². The lowest BCUT2D eigenvalue weighted by molar-refractivity contribution is -0.173. The zero-order valence-electron chi connectivity index (χ0n) is 21.1. The highest BCUT2D eigenvalue weighted by Gasteiger charge is 2.51. The van der Waals surface area contributed by atoms with Crippen LogP contribution in [0.3, 0.4) is 0 Å². The number of methoxy groups -OCH3 is 2. The number of ether oxygens (including phenoxy) is 2. The van der Waals surface area contributed by atoms with Crippen LogP contribution >= 0.6 is 0 Å². The molecule has 4 bridgehead atoms. The summed E-state index contributed by atoms with van der Waals surface area (Å²) in [6.45, 7) is 0.571. The van der Waals surface area contributed by atoms with E-state index < -0.39 is 18.3 Å². The van der Waals surface area contributed by atoms with Gasteiger partial charge in [-0.3, -0.25) is 4.79 Å². The van der Waals surface area contributed by atoms with Gasteiger partial charge in [0.15, 0.2) is 17.5 Å². The molecule has 200 valence electrons. The van der Waals surface area contributed by atoms with Crippen LogP contribution in [0.4, 0.5) is 19.0 Å². The van der Waals surface area contributed by atoms with E-state index in [-0.39, 0.29) is 29.1 Å². The molecule has 0 spiro atoms.